The number of ether oxygens (including phenoxy) is 1. The molecule has 0 atom stereocenters. The molecule has 0 saturated carbocycles. The van der Waals surface area contributed by atoms with Crippen molar-refractivity contribution >= 4 is 23.1 Å². The molecule has 8 heteroatoms. The molecule has 0 aliphatic carbocycles. The fraction of sp³-hybridized carbons (Fsp3) is 0.550. The summed E-state index contributed by atoms with van der Waals surface area (Å²) in [5, 5.41) is 6.68. The van der Waals surface area contributed by atoms with Crippen LogP contribution in [0, 0.1) is 6.92 Å². The summed E-state index contributed by atoms with van der Waals surface area (Å²) in [6, 6.07) is 8.32. The number of carbonyl (C=O) groups excluding carboxylic acids is 1. The van der Waals surface area contributed by atoms with Crippen molar-refractivity contribution in [3.05, 3.63) is 30.1 Å². The highest BCUT2D eigenvalue weighted by molar-refractivity contribution is 5.80. The van der Waals surface area contributed by atoms with Crippen molar-refractivity contribution in [1.29, 1.82) is 0 Å². The van der Waals surface area contributed by atoms with Crippen molar-refractivity contribution in [3.8, 4) is 0 Å². The molecule has 28 heavy (non-hydrogen) atoms. The van der Waals surface area contributed by atoms with Gasteiger partial charge in [-0.15, -0.1) is 0 Å². The maximum absolute atomic E-state index is 12.0. The first-order chi connectivity index (χ1) is 13.3. The number of carbonyl (C=O) groups is 1. The molecule has 1 aliphatic rings. The summed E-state index contributed by atoms with van der Waals surface area (Å²) in [6.45, 7) is 10.4. The molecule has 1 aliphatic heterocycles. The van der Waals surface area contributed by atoms with Gasteiger partial charge in [-0.2, -0.15) is 0 Å². The number of hydrogen-bond donors (Lipinski definition) is 2. The highest BCUT2D eigenvalue weighted by Gasteiger charge is 2.34. The number of fused-ring (bicyclic) bond motifs is 1. The molecule has 8 nitrogen and oxygen atoms in total. The second-order valence-electron chi connectivity index (χ2n) is 8.02. The lowest BCUT2D eigenvalue weighted by Crippen LogP contribution is -2.63. The largest absolute Gasteiger partial charge is 0.444 e. The predicted molar refractivity (Wildman–Crippen MR) is 111 cm³/mol. The quantitative estimate of drug-likeness (QED) is 0.621. The topological polar surface area (TPSA) is 83.8 Å². The van der Waals surface area contributed by atoms with Gasteiger partial charge in [0.2, 0.25) is 0 Å². The monoisotopic (exact) mass is 386 g/mol. The number of guanidine groups is 1. The molecule has 2 N–H and O–H groups in total. The fourth-order valence-electron chi connectivity index (χ4n) is 3.20. The van der Waals surface area contributed by atoms with Crippen LogP contribution in [0.5, 0.6) is 0 Å². The van der Waals surface area contributed by atoms with Gasteiger partial charge in [0.05, 0.1) is 17.1 Å². The van der Waals surface area contributed by atoms with Crippen LogP contribution < -0.4 is 10.6 Å². The van der Waals surface area contributed by atoms with E-state index in [1.807, 2.05) is 45.9 Å². The van der Waals surface area contributed by atoms with Gasteiger partial charge in [-0.05, 0) is 39.8 Å². The highest BCUT2D eigenvalue weighted by Crippen LogP contribution is 2.16. The number of imidazole rings is 1. The third-order valence-electron chi connectivity index (χ3n) is 4.57. The van der Waals surface area contributed by atoms with Crippen LogP contribution >= 0.6 is 0 Å². The van der Waals surface area contributed by atoms with Crippen molar-refractivity contribution in [3.63, 3.8) is 0 Å². The number of nitrogens with one attached hydrogen (secondary N) is 2. The summed E-state index contributed by atoms with van der Waals surface area (Å²) in [6.07, 6.45) is -0.268. The van der Waals surface area contributed by atoms with Gasteiger partial charge >= 0.3 is 6.09 Å². The van der Waals surface area contributed by atoms with Gasteiger partial charge in [0.25, 0.3) is 0 Å². The summed E-state index contributed by atoms with van der Waals surface area (Å²) >= 11 is 0. The standard InChI is InChI=1S/C20H30N6O2/c1-14-23-16-8-6-7-9-17(16)26(14)11-10-22-18(21-5)24-15-12-25(13-15)19(27)28-20(2,3)4/h6-9,15H,10-13H2,1-5H3,(H2,21,22,24). The number of rotatable bonds is 4. The first kappa shape index (κ1) is 20.0. The highest BCUT2D eigenvalue weighted by atomic mass is 16.6. The predicted octanol–water partition coefficient (Wildman–Crippen LogP) is 2.13. The van der Waals surface area contributed by atoms with Crippen LogP contribution in [0.25, 0.3) is 11.0 Å². The molecule has 1 aromatic carbocycles. The fourth-order valence-corrected chi connectivity index (χ4v) is 3.20. The third kappa shape index (κ3) is 4.74. The second kappa shape index (κ2) is 8.08. The van der Waals surface area contributed by atoms with Crippen LogP contribution in [0.4, 0.5) is 4.79 Å². The summed E-state index contributed by atoms with van der Waals surface area (Å²) in [4.78, 5) is 22.6. The Morgan fingerprint density at radius 1 is 1.32 bits per heavy atom. The molecular weight excluding hydrogens is 356 g/mol. The molecule has 0 unspecified atom stereocenters. The van der Waals surface area contributed by atoms with E-state index in [4.69, 9.17) is 4.74 Å². The van der Waals surface area contributed by atoms with Gasteiger partial charge < -0.3 is 24.8 Å². The molecule has 2 aromatic rings. The minimum Gasteiger partial charge on any atom is -0.444 e. The van der Waals surface area contributed by atoms with Crippen molar-refractivity contribution in [2.75, 3.05) is 26.7 Å². The van der Waals surface area contributed by atoms with Crippen LogP contribution in [-0.2, 0) is 11.3 Å². The first-order valence-electron chi connectivity index (χ1n) is 9.64. The number of hydrogen-bond acceptors (Lipinski definition) is 4. The van der Waals surface area contributed by atoms with Crippen LogP contribution in [0.3, 0.4) is 0 Å². The second-order valence-corrected chi connectivity index (χ2v) is 8.02. The van der Waals surface area contributed by atoms with E-state index in [1.165, 1.54) is 0 Å². The molecule has 3 rings (SSSR count). The van der Waals surface area contributed by atoms with E-state index < -0.39 is 5.60 Å². The van der Waals surface area contributed by atoms with E-state index in [0.717, 1.165) is 35.9 Å². The Balaban J connectivity index is 1.45. The van der Waals surface area contributed by atoms with Crippen molar-refractivity contribution in [2.24, 2.45) is 4.99 Å². The Morgan fingerprint density at radius 2 is 2.04 bits per heavy atom. The molecule has 0 spiro atoms. The van der Waals surface area contributed by atoms with Crippen LogP contribution in [0.1, 0.15) is 26.6 Å². The number of aryl methyl sites for hydroxylation is 1. The van der Waals surface area contributed by atoms with Gasteiger partial charge in [0.15, 0.2) is 5.96 Å². The minimum atomic E-state index is -0.469. The summed E-state index contributed by atoms with van der Waals surface area (Å²) in [7, 11) is 1.75. The molecule has 1 amide bonds. The Kier molecular flexibility index (Phi) is 5.76. The van der Waals surface area contributed by atoms with Crippen molar-refractivity contribution in [2.45, 2.75) is 45.9 Å². The van der Waals surface area contributed by atoms with Crippen LogP contribution in [0.2, 0.25) is 0 Å². The summed E-state index contributed by atoms with van der Waals surface area (Å²) in [5.74, 6) is 1.73. The minimum absolute atomic E-state index is 0.175. The Bertz CT molecular complexity index is 861. The van der Waals surface area contributed by atoms with Crippen LogP contribution in [-0.4, -0.2) is 64.8 Å². The lowest BCUT2D eigenvalue weighted by molar-refractivity contribution is 0.00701. The van der Waals surface area contributed by atoms with Gasteiger partial charge in [0, 0.05) is 33.2 Å². The zero-order chi connectivity index (χ0) is 20.3. The van der Waals surface area contributed by atoms with Gasteiger partial charge in [0.1, 0.15) is 11.4 Å². The lowest BCUT2D eigenvalue weighted by Gasteiger charge is -2.40. The molecule has 0 bridgehead atoms. The van der Waals surface area contributed by atoms with E-state index >= 15 is 0 Å². The molecule has 1 aromatic heterocycles. The number of likely N-dealkylation sites (tertiary alicyclic amines) is 1. The van der Waals surface area contributed by atoms with Crippen molar-refractivity contribution < 1.29 is 9.53 Å². The zero-order valence-corrected chi connectivity index (χ0v) is 17.3. The Morgan fingerprint density at radius 3 is 2.71 bits per heavy atom. The molecular formula is C20H30N6O2. The van der Waals surface area contributed by atoms with Crippen molar-refractivity contribution in [1.82, 2.24) is 25.1 Å². The smallest absolute Gasteiger partial charge is 0.410 e. The average molecular weight is 387 g/mol. The first-order valence-corrected chi connectivity index (χ1v) is 9.64. The summed E-state index contributed by atoms with van der Waals surface area (Å²) in [5.41, 5.74) is 1.68. The Hall–Kier alpha value is -2.77. The van der Waals surface area contributed by atoms with E-state index in [2.05, 4.69) is 31.2 Å². The van der Waals surface area contributed by atoms with Gasteiger partial charge in [-0.1, -0.05) is 12.1 Å². The zero-order valence-electron chi connectivity index (χ0n) is 17.3. The maximum atomic E-state index is 12.0. The molecule has 152 valence electrons. The number of aromatic nitrogens is 2. The number of benzene rings is 1. The van der Waals surface area contributed by atoms with Gasteiger partial charge in [-0.3, -0.25) is 4.99 Å². The average Bonchev–Trinajstić information content (AvgIpc) is 2.89. The summed E-state index contributed by atoms with van der Waals surface area (Å²) < 4.78 is 7.58. The maximum Gasteiger partial charge on any atom is 0.410 e. The van der Waals surface area contributed by atoms with E-state index in [-0.39, 0.29) is 12.1 Å². The van der Waals surface area contributed by atoms with E-state index in [0.29, 0.717) is 13.1 Å². The number of aliphatic imine (C=N–C) groups is 1. The number of para-hydroxylation sites is 2. The Labute approximate surface area is 166 Å². The van der Waals surface area contributed by atoms with Crippen LogP contribution in [0.15, 0.2) is 29.3 Å². The number of nitrogens with zero attached hydrogens (tertiary/aromatic N) is 4. The molecule has 2 heterocycles. The van der Waals surface area contributed by atoms with E-state index in [9.17, 15) is 4.79 Å². The number of amides is 1. The molecule has 1 saturated heterocycles. The normalized spacial score (nSPS) is 15.5. The van der Waals surface area contributed by atoms with Gasteiger partial charge in [-0.25, -0.2) is 9.78 Å². The van der Waals surface area contributed by atoms with E-state index in [1.54, 1.807) is 11.9 Å². The third-order valence-corrected chi connectivity index (χ3v) is 4.57. The molecule has 1 fully saturated rings. The lowest BCUT2D eigenvalue weighted by atomic mass is 10.1. The SMILES string of the molecule is CN=C(NCCn1c(C)nc2ccccc21)NC1CN(C(=O)OC(C)(C)C)C1. The molecule has 0 radical (unpaired) electrons.